The molecular formula is C13H15BrN4S. The first-order chi connectivity index (χ1) is 9.31. The normalized spacial score (nSPS) is 16.5. The molecule has 0 unspecified atom stereocenters. The van der Waals surface area contributed by atoms with Crippen molar-refractivity contribution in [2.24, 2.45) is 0 Å². The first-order valence-electron chi connectivity index (χ1n) is 6.37. The number of nitrogens with zero attached hydrogens (tertiary/aromatic N) is 2. The summed E-state index contributed by atoms with van der Waals surface area (Å²) in [5.41, 5.74) is 1.18. The Kier molecular flexibility index (Phi) is 4.10. The summed E-state index contributed by atoms with van der Waals surface area (Å²) in [5, 5.41) is 7.50. The number of halogens is 1. The Morgan fingerprint density at radius 1 is 1.32 bits per heavy atom. The fraction of sp³-hybridized carbons (Fsp3) is 0.385. The topological polar surface area (TPSA) is 49.8 Å². The summed E-state index contributed by atoms with van der Waals surface area (Å²) in [6.07, 6.45) is 4.13. The van der Waals surface area contributed by atoms with Crippen molar-refractivity contribution >= 4 is 38.2 Å². The van der Waals surface area contributed by atoms with E-state index in [-0.39, 0.29) is 0 Å². The lowest BCUT2D eigenvalue weighted by Crippen LogP contribution is -2.27. The van der Waals surface area contributed by atoms with E-state index in [1.54, 1.807) is 17.5 Å². The summed E-state index contributed by atoms with van der Waals surface area (Å²) in [6, 6.07) is 6.17. The Morgan fingerprint density at radius 3 is 2.89 bits per heavy atom. The van der Waals surface area contributed by atoms with Crippen molar-refractivity contribution in [2.75, 3.05) is 18.4 Å². The number of aromatic nitrogens is 2. The van der Waals surface area contributed by atoms with E-state index in [0.29, 0.717) is 5.92 Å². The van der Waals surface area contributed by atoms with Crippen LogP contribution in [-0.4, -0.2) is 23.1 Å². The lowest BCUT2D eigenvalue weighted by atomic mass is 9.94. The van der Waals surface area contributed by atoms with Crippen LogP contribution in [0.15, 0.2) is 28.2 Å². The molecule has 1 aliphatic rings. The maximum absolute atomic E-state index is 4.71. The Labute approximate surface area is 124 Å². The number of anilines is 2. The zero-order chi connectivity index (χ0) is 13.1. The fourth-order valence-corrected chi connectivity index (χ4v) is 3.40. The summed E-state index contributed by atoms with van der Waals surface area (Å²) in [6.45, 7) is 2.17. The molecular weight excluding hydrogens is 324 g/mol. The van der Waals surface area contributed by atoms with E-state index >= 15 is 0 Å². The second kappa shape index (κ2) is 5.98. The van der Waals surface area contributed by atoms with E-state index in [1.807, 2.05) is 6.07 Å². The molecule has 1 fully saturated rings. The van der Waals surface area contributed by atoms with Gasteiger partial charge in [-0.2, -0.15) is 0 Å². The van der Waals surface area contributed by atoms with Crippen molar-refractivity contribution in [1.82, 2.24) is 15.3 Å². The molecule has 0 aromatic carbocycles. The second-order valence-corrected chi connectivity index (χ2v) is 6.98. The highest BCUT2D eigenvalue weighted by atomic mass is 79.9. The molecule has 0 atom stereocenters. The van der Waals surface area contributed by atoms with Crippen molar-refractivity contribution in [1.29, 1.82) is 0 Å². The Balaban J connectivity index is 1.75. The van der Waals surface area contributed by atoms with Crippen LogP contribution >= 0.6 is 27.3 Å². The molecule has 3 rings (SSSR count). The Hall–Kier alpha value is -0.980. The van der Waals surface area contributed by atoms with Gasteiger partial charge in [0.05, 0.1) is 9.98 Å². The SMILES string of the molecule is Brc1cnc(Nc2cccc(C3CCNCC3)n2)s1. The van der Waals surface area contributed by atoms with Crippen molar-refractivity contribution < 1.29 is 0 Å². The van der Waals surface area contributed by atoms with E-state index in [0.717, 1.165) is 27.8 Å². The minimum Gasteiger partial charge on any atom is -0.317 e. The molecule has 100 valence electrons. The zero-order valence-electron chi connectivity index (χ0n) is 10.4. The van der Waals surface area contributed by atoms with Crippen LogP contribution in [0.5, 0.6) is 0 Å². The molecule has 19 heavy (non-hydrogen) atoms. The number of pyridine rings is 1. The minimum atomic E-state index is 0.575. The van der Waals surface area contributed by atoms with Crippen molar-refractivity contribution in [3.63, 3.8) is 0 Å². The van der Waals surface area contributed by atoms with Gasteiger partial charge in [0.15, 0.2) is 5.13 Å². The zero-order valence-corrected chi connectivity index (χ0v) is 12.8. The van der Waals surface area contributed by atoms with Gasteiger partial charge in [-0.15, -0.1) is 0 Å². The smallest absolute Gasteiger partial charge is 0.189 e. The molecule has 3 heterocycles. The van der Waals surface area contributed by atoms with Crippen LogP contribution in [0, 0.1) is 0 Å². The number of thiazole rings is 1. The van der Waals surface area contributed by atoms with Crippen LogP contribution in [0.3, 0.4) is 0 Å². The number of nitrogens with one attached hydrogen (secondary N) is 2. The molecule has 4 nitrogen and oxygen atoms in total. The standard InChI is InChI=1S/C13H15BrN4S/c14-11-8-16-13(19-11)18-12-3-1-2-10(17-12)9-4-6-15-7-5-9/h1-3,8-9,15H,4-7H2,(H,16,17,18). The van der Waals surface area contributed by atoms with Crippen molar-refractivity contribution in [3.05, 3.63) is 33.9 Å². The third kappa shape index (κ3) is 3.32. The van der Waals surface area contributed by atoms with Gasteiger partial charge in [0.1, 0.15) is 5.82 Å². The monoisotopic (exact) mass is 338 g/mol. The van der Waals surface area contributed by atoms with Crippen LogP contribution in [-0.2, 0) is 0 Å². The molecule has 0 aliphatic carbocycles. The Morgan fingerprint density at radius 2 is 2.16 bits per heavy atom. The van der Waals surface area contributed by atoms with Gasteiger partial charge in [0.25, 0.3) is 0 Å². The molecule has 1 aliphatic heterocycles. The maximum Gasteiger partial charge on any atom is 0.189 e. The van der Waals surface area contributed by atoms with Gasteiger partial charge < -0.3 is 10.6 Å². The minimum absolute atomic E-state index is 0.575. The highest BCUT2D eigenvalue weighted by Crippen LogP contribution is 2.28. The van der Waals surface area contributed by atoms with Crippen LogP contribution < -0.4 is 10.6 Å². The average Bonchev–Trinajstić information content (AvgIpc) is 2.85. The molecule has 0 spiro atoms. The predicted molar refractivity (Wildman–Crippen MR) is 82.2 cm³/mol. The first kappa shape index (κ1) is 13.0. The second-order valence-electron chi connectivity index (χ2n) is 4.57. The molecule has 1 saturated heterocycles. The maximum atomic E-state index is 4.71. The van der Waals surface area contributed by atoms with Crippen LogP contribution in [0.2, 0.25) is 0 Å². The van der Waals surface area contributed by atoms with Crippen LogP contribution in [0.4, 0.5) is 10.9 Å². The van der Waals surface area contributed by atoms with Crippen LogP contribution in [0.1, 0.15) is 24.5 Å². The van der Waals surface area contributed by atoms with Gasteiger partial charge in [0.2, 0.25) is 0 Å². The molecule has 0 amide bonds. The molecule has 0 radical (unpaired) electrons. The van der Waals surface area contributed by atoms with E-state index in [2.05, 4.69) is 43.7 Å². The van der Waals surface area contributed by atoms with Gasteiger partial charge in [-0.1, -0.05) is 17.4 Å². The molecule has 2 N–H and O–H groups in total. The van der Waals surface area contributed by atoms with Gasteiger partial charge in [-0.3, -0.25) is 0 Å². The van der Waals surface area contributed by atoms with Gasteiger partial charge in [-0.25, -0.2) is 9.97 Å². The summed E-state index contributed by atoms with van der Waals surface area (Å²) in [5.74, 6) is 1.45. The summed E-state index contributed by atoms with van der Waals surface area (Å²) < 4.78 is 1.02. The molecule has 6 heteroatoms. The highest BCUT2D eigenvalue weighted by Gasteiger charge is 2.16. The van der Waals surface area contributed by atoms with Gasteiger partial charge >= 0.3 is 0 Å². The Bertz CT molecular complexity index is 551. The first-order valence-corrected chi connectivity index (χ1v) is 7.98. The van der Waals surface area contributed by atoms with E-state index in [4.69, 9.17) is 4.98 Å². The predicted octanol–water partition coefficient (Wildman–Crippen LogP) is 3.51. The average molecular weight is 339 g/mol. The van der Waals surface area contributed by atoms with Gasteiger partial charge in [0, 0.05) is 11.6 Å². The number of hydrogen-bond acceptors (Lipinski definition) is 5. The fourth-order valence-electron chi connectivity index (χ4n) is 2.29. The lowest BCUT2D eigenvalue weighted by molar-refractivity contribution is 0.453. The quantitative estimate of drug-likeness (QED) is 0.899. The van der Waals surface area contributed by atoms with E-state index in [1.165, 1.54) is 18.5 Å². The van der Waals surface area contributed by atoms with Crippen molar-refractivity contribution in [3.8, 4) is 0 Å². The van der Waals surface area contributed by atoms with Crippen molar-refractivity contribution in [2.45, 2.75) is 18.8 Å². The molecule has 2 aromatic heterocycles. The number of hydrogen-bond donors (Lipinski definition) is 2. The third-order valence-electron chi connectivity index (χ3n) is 3.24. The van der Waals surface area contributed by atoms with Gasteiger partial charge in [-0.05, 0) is 54.0 Å². The third-order valence-corrected chi connectivity index (χ3v) is 4.63. The lowest BCUT2D eigenvalue weighted by Gasteiger charge is -2.22. The molecule has 0 bridgehead atoms. The molecule has 2 aromatic rings. The number of rotatable bonds is 3. The highest BCUT2D eigenvalue weighted by molar-refractivity contribution is 9.11. The molecule has 0 saturated carbocycles. The van der Waals surface area contributed by atoms with E-state index < -0.39 is 0 Å². The summed E-state index contributed by atoms with van der Waals surface area (Å²) in [7, 11) is 0. The summed E-state index contributed by atoms with van der Waals surface area (Å²) in [4.78, 5) is 8.98. The largest absolute Gasteiger partial charge is 0.317 e. The van der Waals surface area contributed by atoms with Crippen LogP contribution in [0.25, 0.3) is 0 Å². The van der Waals surface area contributed by atoms with E-state index in [9.17, 15) is 0 Å². The summed E-state index contributed by atoms with van der Waals surface area (Å²) >= 11 is 4.98. The number of piperidine rings is 1.